The van der Waals surface area contributed by atoms with Gasteiger partial charge in [0.25, 0.3) is 10.0 Å². The Labute approximate surface area is 190 Å². The van der Waals surface area contributed by atoms with Crippen LogP contribution in [0.2, 0.25) is 0 Å². The van der Waals surface area contributed by atoms with Crippen molar-refractivity contribution < 1.29 is 17.2 Å². The van der Waals surface area contributed by atoms with Gasteiger partial charge in [-0.05, 0) is 42.8 Å². The van der Waals surface area contributed by atoms with Crippen molar-refractivity contribution in [1.82, 2.24) is 4.98 Å². The number of nitrogens with two attached hydrogens (primary N) is 1. The van der Waals surface area contributed by atoms with E-state index < -0.39 is 26.7 Å². The van der Waals surface area contributed by atoms with Crippen LogP contribution < -0.4 is 15.8 Å². The van der Waals surface area contributed by atoms with Gasteiger partial charge in [0, 0.05) is 29.1 Å². The molecule has 0 aliphatic carbocycles. The van der Waals surface area contributed by atoms with E-state index in [9.17, 15) is 17.2 Å². The summed E-state index contributed by atoms with van der Waals surface area (Å²) in [5.74, 6) is 3.55. The maximum absolute atomic E-state index is 14.9. The summed E-state index contributed by atoms with van der Waals surface area (Å²) in [6.07, 6.45) is 0.911. The van der Waals surface area contributed by atoms with Crippen molar-refractivity contribution in [3.8, 4) is 11.8 Å². The number of benzene rings is 2. The first kappa shape index (κ1) is 23.8. The molecule has 0 amide bonds. The molecule has 1 atom stereocenters. The van der Waals surface area contributed by atoms with Crippen LogP contribution in [0.4, 0.5) is 20.3 Å². The van der Waals surface area contributed by atoms with Crippen LogP contribution in [0, 0.1) is 29.0 Å². The van der Waals surface area contributed by atoms with Crippen LogP contribution in [0.15, 0.2) is 59.5 Å². The molecule has 3 aromatic rings. The fraction of sp³-hybridized carbons (Fsp3) is 0.130. The Balaban J connectivity index is 1.93. The number of halogens is 2. The molecule has 7 nitrogen and oxygen atoms in total. The molecule has 3 rings (SSSR count). The fourth-order valence-electron chi connectivity index (χ4n) is 3.12. The van der Waals surface area contributed by atoms with Gasteiger partial charge < -0.3 is 16.5 Å². The van der Waals surface area contributed by atoms with Crippen LogP contribution in [-0.2, 0) is 10.0 Å². The van der Waals surface area contributed by atoms with Gasteiger partial charge in [-0.1, -0.05) is 36.1 Å². The van der Waals surface area contributed by atoms with Crippen molar-refractivity contribution in [2.75, 3.05) is 16.6 Å². The molecule has 10 heteroatoms. The van der Waals surface area contributed by atoms with E-state index in [1.807, 2.05) is 35.9 Å². The van der Waals surface area contributed by atoms with Gasteiger partial charge in [-0.25, -0.2) is 17.8 Å². The second-order valence-corrected chi connectivity index (χ2v) is 8.58. The van der Waals surface area contributed by atoms with E-state index in [1.165, 1.54) is 12.1 Å². The Bertz CT molecular complexity index is 1350. The molecule has 0 bridgehead atoms. The average molecular weight is 470 g/mol. The summed E-state index contributed by atoms with van der Waals surface area (Å²) < 4.78 is 55.5. The first-order valence-electron chi connectivity index (χ1n) is 9.79. The van der Waals surface area contributed by atoms with Crippen LogP contribution in [0.3, 0.4) is 0 Å². The minimum absolute atomic E-state index is 0.140. The van der Waals surface area contributed by atoms with E-state index in [2.05, 4.69) is 22.1 Å². The predicted octanol–water partition coefficient (Wildman–Crippen LogP) is 3.64. The van der Waals surface area contributed by atoms with E-state index in [-0.39, 0.29) is 29.7 Å². The van der Waals surface area contributed by atoms with Crippen LogP contribution >= 0.6 is 0 Å². The van der Waals surface area contributed by atoms with E-state index in [0.717, 1.165) is 35.5 Å². The number of sulfonamides is 1. The van der Waals surface area contributed by atoms with Gasteiger partial charge in [-0.15, -0.1) is 0 Å². The molecule has 0 saturated carbocycles. The highest BCUT2D eigenvalue weighted by Crippen LogP contribution is 2.28. The van der Waals surface area contributed by atoms with E-state index in [0.29, 0.717) is 0 Å². The topological polar surface area (TPSA) is 121 Å². The zero-order valence-corrected chi connectivity index (χ0v) is 18.4. The summed E-state index contributed by atoms with van der Waals surface area (Å²) in [6, 6.07) is 12.6. The van der Waals surface area contributed by atoms with Crippen molar-refractivity contribution in [1.29, 1.82) is 5.41 Å². The lowest BCUT2D eigenvalue weighted by atomic mass is 10.0. The van der Waals surface area contributed by atoms with Crippen molar-refractivity contribution in [3.05, 3.63) is 83.1 Å². The minimum Gasteiger partial charge on any atom is -0.378 e. The first-order valence-corrected chi connectivity index (χ1v) is 11.3. The summed E-state index contributed by atoms with van der Waals surface area (Å²) in [5, 5.41) is 10.8. The van der Waals surface area contributed by atoms with Gasteiger partial charge in [0.1, 0.15) is 16.5 Å². The average Bonchev–Trinajstić information content (AvgIpc) is 2.77. The monoisotopic (exact) mass is 469 g/mol. The number of nitrogens with zero attached hydrogens (tertiary/aromatic N) is 1. The van der Waals surface area contributed by atoms with E-state index in [1.54, 1.807) is 0 Å². The number of pyridine rings is 1. The third-order valence-electron chi connectivity index (χ3n) is 4.63. The van der Waals surface area contributed by atoms with Crippen molar-refractivity contribution in [3.63, 3.8) is 0 Å². The molecule has 0 saturated heterocycles. The largest absolute Gasteiger partial charge is 0.378 e. The summed E-state index contributed by atoms with van der Waals surface area (Å²) in [6.45, 7) is 2.03. The van der Waals surface area contributed by atoms with Gasteiger partial charge in [0.2, 0.25) is 5.95 Å². The molecule has 0 aliphatic heterocycles. The smallest absolute Gasteiger partial charge is 0.265 e. The molecule has 1 aromatic heterocycles. The fourth-order valence-corrected chi connectivity index (χ4v) is 4.22. The Kier molecular flexibility index (Phi) is 7.37. The predicted molar refractivity (Wildman–Crippen MR) is 124 cm³/mol. The van der Waals surface area contributed by atoms with Gasteiger partial charge >= 0.3 is 0 Å². The third-order valence-corrected chi connectivity index (χ3v) is 6.00. The Morgan fingerprint density at radius 2 is 1.94 bits per heavy atom. The molecular formula is C23H21F2N5O2S. The molecule has 1 unspecified atom stereocenters. The zero-order valence-electron chi connectivity index (χ0n) is 17.6. The van der Waals surface area contributed by atoms with E-state index in [4.69, 9.17) is 11.1 Å². The number of rotatable bonds is 7. The number of nitrogens with one attached hydrogen (secondary N) is 3. The molecule has 5 N–H and O–H groups in total. The second-order valence-electron chi connectivity index (χ2n) is 6.92. The summed E-state index contributed by atoms with van der Waals surface area (Å²) in [7, 11) is -4.42. The minimum atomic E-state index is -4.42. The number of hydrogen-bond acceptors (Lipinski definition) is 6. The Hall–Kier alpha value is -3.81. The quantitative estimate of drug-likeness (QED) is 0.239. The SMILES string of the molecule is CC(Nc1cc(F)c(S(=O)(=O)Nc2cccc(F)n2)cc1C=N)c1ccccc1C#CCN. The molecule has 0 spiro atoms. The lowest BCUT2D eigenvalue weighted by Crippen LogP contribution is -2.17. The standard InChI is InChI=1S/C23H21F2N5O2S/c1-15(18-8-3-2-6-16(18)7-5-11-26)28-20-13-19(24)21(12-17(20)14-27)33(31,32)30-23-10-4-9-22(25)29-23/h2-4,6,8-10,12-15,27-28H,11,26H2,1H3,(H,29,30). The number of anilines is 2. The van der Waals surface area contributed by atoms with Crippen LogP contribution in [0.5, 0.6) is 0 Å². The highest BCUT2D eigenvalue weighted by atomic mass is 32.2. The highest BCUT2D eigenvalue weighted by Gasteiger charge is 2.23. The summed E-state index contributed by atoms with van der Waals surface area (Å²) in [4.78, 5) is 2.73. The lowest BCUT2D eigenvalue weighted by Gasteiger charge is -2.20. The van der Waals surface area contributed by atoms with Crippen LogP contribution in [-0.4, -0.2) is 26.2 Å². The van der Waals surface area contributed by atoms with Crippen molar-refractivity contribution >= 4 is 27.7 Å². The Morgan fingerprint density at radius 1 is 1.18 bits per heavy atom. The van der Waals surface area contributed by atoms with Gasteiger partial charge in [-0.2, -0.15) is 4.39 Å². The first-order chi connectivity index (χ1) is 15.7. The second kappa shape index (κ2) is 10.2. The van der Waals surface area contributed by atoms with Crippen molar-refractivity contribution in [2.45, 2.75) is 17.9 Å². The lowest BCUT2D eigenvalue weighted by molar-refractivity contribution is 0.569. The molecule has 1 heterocycles. The molecule has 0 fully saturated rings. The normalized spacial score (nSPS) is 11.8. The van der Waals surface area contributed by atoms with Crippen LogP contribution in [0.25, 0.3) is 0 Å². The molecule has 0 aliphatic rings. The molecule has 2 aromatic carbocycles. The zero-order chi connectivity index (χ0) is 24.0. The van der Waals surface area contributed by atoms with Crippen molar-refractivity contribution in [2.24, 2.45) is 5.73 Å². The highest BCUT2D eigenvalue weighted by molar-refractivity contribution is 7.92. The van der Waals surface area contributed by atoms with Crippen LogP contribution in [0.1, 0.15) is 29.7 Å². The van der Waals surface area contributed by atoms with E-state index >= 15 is 0 Å². The van der Waals surface area contributed by atoms with Gasteiger partial charge in [0.05, 0.1) is 6.54 Å². The molecule has 33 heavy (non-hydrogen) atoms. The van der Waals surface area contributed by atoms with Gasteiger partial charge in [0.15, 0.2) is 0 Å². The van der Waals surface area contributed by atoms with Gasteiger partial charge in [-0.3, -0.25) is 4.72 Å². The maximum Gasteiger partial charge on any atom is 0.265 e. The molecule has 170 valence electrons. The summed E-state index contributed by atoms with van der Waals surface area (Å²) >= 11 is 0. The maximum atomic E-state index is 14.9. The summed E-state index contributed by atoms with van der Waals surface area (Å²) in [5.41, 5.74) is 7.38. The molecular weight excluding hydrogens is 448 g/mol. The number of hydrogen-bond donors (Lipinski definition) is 4. The number of aromatic nitrogens is 1. The molecule has 0 radical (unpaired) electrons. The Morgan fingerprint density at radius 3 is 2.64 bits per heavy atom. The third kappa shape index (κ3) is 5.71.